The van der Waals surface area contributed by atoms with Gasteiger partial charge in [-0.15, -0.1) is 0 Å². The molecule has 3 atom stereocenters. The van der Waals surface area contributed by atoms with Crippen molar-refractivity contribution in [3.8, 4) is 0 Å². The molecule has 0 saturated heterocycles. The zero-order valence-corrected chi connectivity index (χ0v) is 8.99. The van der Waals surface area contributed by atoms with E-state index in [0.717, 1.165) is 23.5 Å². The topological polar surface area (TPSA) is 24.1 Å². The molecule has 3 heteroatoms. The molecule has 0 unspecified atom stereocenters. The fraction of sp³-hybridized carbons (Fsp3) is 0.900. The summed E-state index contributed by atoms with van der Waals surface area (Å²) in [4.78, 5) is 0. The summed E-state index contributed by atoms with van der Waals surface area (Å²) in [5, 5.41) is 7.43. The van der Waals surface area contributed by atoms with Gasteiger partial charge in [-0.05, 0) is 50.2 Å². The summed E-state index contributed by atoms with van der Waals surface area (Å²) in [6.07, 6.45) is 5.65. The van der Waals surface area contributed by atoms with Gasteiger partial charge in [0, 0.05) is 12.6 Å². The maximum absolute atomic E-state index is 5.18. The lowest BCUT2D eigenvalue weighted by Gasteiger charge is -2.24. The second kappa shape index (κ2) is 3.82. The number of nitrogens with one attached hydrogen (secondary N) is 2. The molecule has 2 saturated carbocycles. The van der Waals surface area contributed by atoms with Gasteiger partial charge in [-0.25, -0.2) is 0 Å². The van der Waals surface area contributed by atoms with E-state index in [4.69, 9.17) is 12.2 Å². The zero-order chi connectivity index (χ0) is 9.26. The molecule has 13 heavy (non-hydrogen) atoms. The van der Waals surface area contributed by atoms with Gasteiger partial charge in [0.05, 0.1) is 0 Å². The molecule has 2 fully saturated rings. The van der Waals surface area contributed by atoms with Gasteiger partial charge in [-0.3, -0.25) is 0 Å². The monoisotopic (exact) mass is 198 g/mol. The van der Waals surface area contributed by atoms with Crippen molar-refractivity contribution in [3.05, 3.63) is 0 Å². The van der Waals surface area contributed by atoms with Crippen molar-refractivity contribution in [3.63, 3.8) is 0 Å². The molecule has 0 aliphatic heterocycles. The van der Waals surface area contributed by atoms with Crippen LogP contribution in [0.4, 0.5) is 0 Å². The molecule has 2 aliphatic carbocycles. The van der Waals surface area contributed by atoms with Crippen LogP contribution in [0.2, 0.25) is 0 Å². The summed E-state index contributed by atoms with van der Waals surface area (Å²) < 4.78 is 0. The molecule has 0 aromatic heterocycles. The highest BCUT2D eigenvalue weighted by molar-refractivity contribution is 7.80. The van der Waals surface area contributed by atoms with Crippen LogP contribution in [-0.4, -0.2) is 17.7 Å². The summed E-state index contributed by atoms with van der Waals surface area (Å²) >= 11 is 5.18. The molecule has 2 N–H and O–H groups in total. The minimum atomic E-state index is 0.672. The summed E-state index contributed by atoms with van der Waals surface area (Å²) in [5.41, 5.74) is 0. The highest BCUT2D eigenvalue weighted by Crippen LogP contribution is 2.44. The van der Waals surface area contributed by atoms with E-state index in [1.807, 2.05) is 0 Å². The first-order valence-electron chi connectivity index (χ1n) is 5.34. The molecule has 2 nitrogen and oxygen atoms in total. The van der Waals surface area contributed by atoms with Crippen molar-refractivity contribution in [2.45, 2.75) is 38.6 Å². The Bertz CT molecular complexity index is 205. The largest absolute Gasteiger partial charge is 0.363 e. The molecule has 2 bridgehead atoms. The Morgan fingerprint density at radius 2 is 2.23 bits per heavy atom. The van der Waals surface area contributed by atoms with Gasteiger partial charge in [0.25, 0.3) is 0 Å². The van der Waals surface area contributed by atoms with E-state index >= 15 is 0 Å². The van der Waals surface area contributed by atoms with Crippen LogP contribution < -0.4 is 10.6 Å². The minimum Gasteiger partial charge on any atom is -0.363 e. The molecule has 2 rings (SSSR count). The molecular weight excluding hydrogens is 180 g/mol. The lowest BCUT2D eigenvalue weighted by Crippen LogP contribution is -2.44. The summed E-state index contributed by atoms with van der Waals surface area (Å²) in [6.45, 7) is 3.00. The average Bonchev–Trinajstić information content (AvgIpc) is 2.65. The Kier molecular flexibility index (Phi) is 2.72. The Morgan fingerprint density at radius 3 is 2.77 bits per heavy atom. The standard InChI is InChI=1S/C10H18N2S/c1-2-11-10(13)12-9-6-7-3-4-8(9)5-7/h7-9H,2-6H2,1H3,(H2,11,12,13)/t7-,8+,9-/m1/s1. The van der Waals surface area contributed by atoms with Crippen LogP contribution in [0.25, 0.3) is 0 Å². The second-order valence-corrected chi connectivity index (χ2v) is 4.69. The Morgan fingerprint density at radius 1 is 1.38 bits per heavy atom. The summed E-state index contributed by atoms with van der Waals surface area (Å²) in [7, 11) is 0. The fourth-order valence-corrected chi connectivity index (χ4v) is 3.10. The van der Waals surface area contributed by atoms with E-state index in [9.17, 15) is 0 Å². The van der Waals surface area contributed by atoms with Crippen LogP contribution in [0, 0.1) is 11.8 Å². The molecular formula is C10H18N2S. The molecule has 0 radical (unpaired) electrons. The number of rotatable bonds is 2. The normalized spacial score (nSPS) is 36.2. The first-order valence-corrected chi connectivity index (χ1v) is 5.74. The number of thiocarbonyl (C=S) groups is 1. The Hall–Kier alpha value is -0.310. The fourth-order valence-electron chi connectivity index (χ4n) is 2.80. The van der Waals surface area contributed by atoms with Crippen molar-refractivity contribution < 1.29 is 0 Å². The SMILES string of the molecule is CCNC(=S)N[C@@H]1C[C@@H]2CC[C@H]1C2. The smallest absolute Gasteiger partial charge is 0.166 e. The molecule has 74 valence electrons. The van der Waals surface area contributed by atoms with Gasteiger partial charge in [0.15, 0.2) is 5.11 Å². The van der Waals surface area contributed by atoms with Gasteiger partial charge < -0.3 is 10.6 Å². The minimum absolute atomic E-state index is 0.672. The summed E-state index contributed by atoms with van der Waals surface area (Å²) in [6, 6.07) is 0.672. The van der Waals surface area contributed by atoms with E-state index in [1.165, 1.54) is 25.7 Å². The molecule has 0 aromatic carbocycles. The maximum atomic E-state index is 5.18. The third kappa shape index (κ3) is 1.96. The first kappa shape index (κ1) is 9.25. The highest BCUT2D eigenvalue weighted by atomic mass is 32.1. The van der Waals surface area contributed by atoms with Crippen molar-refractivity contribution in [1.82, 2.24) is 10.6 Å². The molecule has 0 heterocycles. The molecule has 0 aromatic rings. The summed E-state index contributed by atoms with van der Waals surface area (Å²) in [5.74, 6) is 1.90. The third-order valence-corrected chi connectivity index (χ3v) is 3.65. The van der Waals surface area contributed by atoms with E-state index in [-0.39, 0.29) is 0 Å². The predicted octanol–water partition coefficient (Wildman–Crippen LogP) is 1.66. The van der Waals surface area contributed by atoms with E-state index in [2.05, 4.69) is 17.6 Å². The number of hydrogen-bond acceptors (Lipinski definition) is 1. The van der Waals surface area contributed by atoms with Crippen LogP contribution >= 0.6 is 12.2 Å². The zero-order valence-electron chi connectivity index (χ0n) is 8.18. The predicted molar refractivity (Wildman–Crippen MR) is 58.6 cm³/mol. The first-order chi connectivity index (χ1) is 6.29. The van der Waals surface area contributed by atoms with Crippen molar-refractivity contribution in [2.75, 3.05) is 6.54 Å². The number of hydrogen-bond donors (Lipinski definition) is 2. The van der Waals surface area contributed by atoms with Gasteiger partial charge >= 0.3 is 0 Å². The van der Waals surface area contributed by atoms with Crippen LogP contribution in [0.1, 0.15) is 32.6 Å². The van der Waals surface area contributed by atoms with Crippen LogP contribution in [0.5, 0.6) is 0 Å². The van der Waals surface area contributed by atoms with Gasteiger partial charge in [-0.1, -0.05) is 6.42 Å². The van der Waals surface area contributed by atoms with E-state index < -0.39 is 0 Å². The highest BCUT2D eigenvalue weighted by Gasteiger charge is 2.39. The Labute approximate surface area is 85.5 Å². The van der Waals surface area contributed by atoms with Crippen LogP contribution in [0.15, 0.2) is 0 Å². The van der Waals surface area contributed by atoms with Gasteiger partial charge in [0.1, 0.15) is 0 Å². The van der Waals surface area contributed by atoms with Gasteiger partial charge in [-0.2, -0.15) is 0 Å². The second-order valence-electron chi connectivity index (χ2n) is 4.29. The van der Waals surface area contributed by atoms with E-state index in [0.29, 0.717) is 6.04 Å². The van der Waals surface area contributed by atoms with Gasteiger partial charge in [0.2, 0.25) is 0 Å². The molecule has 0 amide bonds. The van der Waals surface area contributed by atoms with Crippen molar-refractivity contribution >= 4 is 17.3 Å². The van der Waals surface area contributed by atoms with Crippen LogP contribution in [-0.2, 0) is 0 Å². The van der Waals surface area contributed by atoms with E-state index in [1.54, 1.807) is 0 Å². The third-order valence-electron chi connectivity index (χ3n) is 3.39. The number of fused-ring (bicyclic) bond motifs is 2. The lowest BCUT2D eigenvalue weighted by atomic mass is 9.96. The van der Waals surface area contributed by atoms with Crippen molar-refractivity contribution in [2.24, 2.45) is 11.8 Å². The molecule has 2 aliphatic rings. The maximum Gasteiger partial charge on any atom is 0.166 e. The molecule has 0 spiro atoms. The van der Waals surface area contributed by atoms with Crippen LogP contribution in [0.3, 0.4) is 0 Å². The lowest BCUT2D eigenvalue weighted by molar-refractivity contribution is 0.389. The van der Waals surface area contributed by atoms with Crippen molar-refractivity contribution in [1.29, 1.82) is 0 Å². The average molecular weight is 198 g/mol. The Balaban J connectivity index is 1.79. The quantitative estimate of drug-likeness (QED) is 0.660.